The third kappa shape index (κ3) is 14.1. The van der Waals surface area contributed by atoms with Gasteiger partial charge in [0.05, 0.1) is 51.2 Å². The number of nitrogens with zero attached hydrogens (tertiary/aromatic N) is 8. The van der Waals surface area contributed by atoms with E-state index in [0.717, 1.165) is 255 Å². The van der Waals surface area contributed by atoms with Gasteiger partial charge in [-0.05, 0) is 275 Å². The first-order valence-corrected chi connectivity index (χ1v) is 56.9. The smallest absolute Gasteiger partial charge is 0.235 e. The van der Waals surface area contributed by atoms with Crippen molar-refractivity contribution in [1.82, 2.24) is 19.9 Å². The number of anilines is 8. The van der Waals surface area contributed by atoms with Crippen LogP contribution in [0.1, 0.15) is 0 Å². The molecule has 0 saturated carbocycles. The van der Waals surface area contributed by atoms with Crippen LogP contribution in [0.5, 0.6) is 0 Å². The molecule has 0 saturated heterocycles. The maximum atomic E-state index is 15.4. The standard InChI is InChI=1S/3C35H23N2OP.C29H19N2OP/c38-39-34-14-5-2-10-28(34)27-9-1-4-13-32(27)37(39)33-21-20-26(23-30(33)29-11-3-6-15-35(29)39)24-16-18-25(19-17-24)31-12-7-8-22-36-31;38-39-34-13-5-2-10-29(34)28-9-1-4-12-32(28)37(39)33-20-19-26(22-31(33)30-11-3-6-14-35(30)39)24-15-17-25(18-16-24)27-8-7-21-36-23-27;38-39-34-11-5-2-8-29(34)28-7-1-4-10-32(28)37(39)33-18-17-27(23-31(33)30-9-3-6-12-35(30)39)25-15-13-24(14-16-25)26-19-21-36-22-20-26;32-33-28-11-5-2-8-23(28)22-7-1-4-10-26(22)31(33)27-14-13-21(20-15-17-30-18-16-20)19-25(27)24-9-3-6-12-29(24)33/h3*1-23H;1-19H. The molecular weight excluding hydrogens is 1910 g/mol. The lowest BCUT2D eigenvalue weighted by molar-refractivity contribution is 0.586. The van der Waals surface area contributed by atoms with E-state index in [4.69, 9.17) is 0 Å². The fourth-order valence-electron chi connectivity index (χ4n) is 23.5. The Labute approximate surface area is 869 Å². The van der Waals surface area contributed by atoms with Crippen LogP contribution in [0.3, 0.4) is 0 Å². The van der Waals surface area contributed by atoms with Crippen molar-refractivity contribution in [3.8, 4) is 167 Å². The van der Waals surface area contributed by atoms with Crippen LogP contribution in [0.15, 0.2) is 535 Å². The van der Waals surface area contributed by atoms with Crippen molar-refractivity contribution in [3.05, 3.63) is 535 Å². The molecule has 12 nitrogen and oxygen atoms in total. The third-order valence-electron chi connectivity index (χ3n) is 30.4. The predicted octanol–water partition coefficient (Wildman–Crippen LogP) is 32.1. The molecule has 4 aromatic heterocycles. The van der Waals surface area contributed by atoms with Gasteiger partial charge in [0.15, 0.2) is 0 Å². The molecule has 12 heterocycles. The van der Waals surface area contributed by atoms with Gasteiger partial charge < -0.3 is 0 Å². The van der Waals surface area contributed by atoms with Gasteiger partial charge in [0.1, 0.15) is 0 Å². The summed E-state index contributed by atoms with van der Waals surface area (Å²) in [7, 11) is -12.6. The van der Waals surface area contributed by atoms with E-state index < -0.39 is 29.2 Å². The van der Waals surface area contributed by atoms with Crippen molar-refractivity contribution in [1.29, 1.82) is 0 Å². The Bertz CT molecular complexity index is 8970. The summed E-state index contributed by atoms with van der Waals surface area (Å²) in [4.78, 5) is 17.0. The van der Waals surface area contributed by atoms with Crippen LogP contribution >= 0.6 is 29.2 Å². The molecule has 23 aromatic rings. The van der Waals surface area contributed by atoms with Gasteiger partial charge in [-0.2, -0.15) is 0 Å². The maximum absolute atomic E-state index is 15.4. The molecule has 0 amide bonds. The highest BCUT2D eigenvalue weighted by atomic mass is 31.2. The van der Waals surface area contributed by atoms with E-state index in [9.17, 15) is 0 Å². The first-order chi connectivity index (χ1) is 74.0. The lowest BCUT2D eigenvalue weighted by Gasteiger charge is -2.44. The number of hydrogen-bond donors (Lipinski definition) is 0. The highest BCUT2D eigenvalue weighted by Crippen LogP contribution is 2.71. The van der Waals surface area contributed by atoms with E-state index in [-0.39, 0.29) is 0 Å². The van der Waals surface area contributed by atoms with Crippen LogP contribution in [-0.2, 0) is 18.3 Å². The number of para-hydroxylation sites is 4. The molecule has 150 heavy (non-hydrogen) atoms. The Morgan fingerprint density at radius 2 is 0.347 bits per heavy atom. The normalized spacial score (nSPS) is 16.6. The molecule has 19 aromatic carbocycles. The molecule has 0 N–H and O–H groups in total. The summed E-state index contributed by atoms with van der Waals surface area (Å²) in [5.41, 5.74) is 40.7. The average Bonchev–Trinajstić information content (AvgIpc) is 0.698. The molecule has 0 fully saturated rings. The lowest BCUT2D eigenvalue weighted by atomic mass is 9.95. The van der Waals surface area contributed by atoms with E-state index in [0.29, 0.717) is 0 Å². The zero-order chi connectivity index (χ0) is 99.9. The van der Waals surface area contributed by atoms with E-state index in [1.165, 1.54) is 0 Å². The molecule has 0 bridgehead atoms. The van der Waals surface area contributed by atoms with Gasteiger partial charge in [0.2, 0.25) is 29.2 Å². The molecule has 16 heteroatoms. The molecule has 4 atom stereocenters. The van der Waals surface area contributed by atoms with Crippen LogP contribution in [0.2, 0.25) is 0 Å². The fourth-order valence-corrected chi connectivity index (χ4v) is 36.6. The first kappa shape index (κ1) is 89.5. The zero-order valence-electron chi connectivity index (χ0n) is 80.8. The van der Waals surface area contributed by atoms with Crippen molar-refractivity contribution in [2.24, 2.45) is 0 Å². The average molecular weight is 2000 g/mol. The van der Waals surface area contributed by atoms with Gasteiger partial charge in [-0.3, -0.25) is 56.9 Å². The summed E-state index contributed by atoms with van der Waals surface area (Å²) in [6.45, 7) is 0. The molecule has 4 unspecified atom stereocenters. The van der Waals surface area contributed by atoms with E-state index in [1.54, 1.807) is 6.20 Å². The Morgan fingerprint density at radius 3 is 0.607 bits per heavy atom. The summed E-state index contributed by atoms with van der Waals surface area (Å²) in [6, 6.07) is 169. The molecule has 31 rings (SSSR count). The largest absolute Gasteiger partial charge is 0.289 e. The molecule has 8 aliphatic heterocycles. The van der Waals surface area contributed by atoms with Crippen LogP contribution in [0, 0.1) is 0 Å². The Morgan fingerprint density at radius 1 is 0.140 bits per heavy atom. The lowest BCUT2D eigenvalue weighted by Crippen LogP contribution is -2.37. The van der Waals surface area contributed by atoms with Gasteiger partial charge in [-0.15, -0.1) is 0 Å². The highest BCUT2D eigenvalue weighted by Gasteiger charge is 2.53. The molecular formula is C134H88N8O4P4. The Kier molecular flexibility index (Phi) is 21.4. The SMILES string of the molecule is O=P12c3ccccc3-c3ccccc3N1c1ccc(-c3ccc(-c4ccccn4)cc3)cc1-c1ccccc12.O=P12c3ccccc3-c3ccccc3N1c1ccc(-c3ccc(-c4cccnc4)cc3)cc1-c1ccccc12.O=P12c3ccccc3-c3ccccc3N1c1ccc(-c3ccc(-c4ccncc4)cc3)cc1-c1ccccc12.O=P12c3ccccc3-c3ccccc3N1c1ccc(-c3ccncc3)cc1-c1ccccc12. The van der Waals surface area contributed by atoms with E-state index in [1.807, 2.05) is 256 Å². The Hall–Kier alpha value is -18.1. The molecule has 0 spiro atoms. The molecule has 0 aliphatic carbocycles. The van der Waals surface area contributed by atoms with Gasteiger partial charge in [0.25, 0.3) is 0 Å². The van der Waals surface area contributed by atoms with Crippen LogP contribution in [-0.4, -0.2) is 19.9 Å². The minimum Gasteiger partial charge on any atom is -0.289 e. The fraction of sp³-hybridized carbons (Fsp3) is 0. The summed E-state index contributed by atoms with van der Waals surface area (Å²) in [6.07, 6.45) is 12.8. The number of benzene rings is 19. The quantitative estimate of drug-likeness (QED) is 0.141. The third-order valence-corrected chi connectivity index (χ3v) is 42.7. The second kappa shape index (κ2) is 35.9. The van der Waals surface area contributed by atoms with Crippen LogP contribution in [0.25, 0.3) is 167 Å². The summed E-state index contributed by atoms with van der Waals surface area (Å²) in [5.74, 6) is 0. The predicted molar refractivity (Wildman–Crippen MR) is 620 cm³/mol. The van der Waals surface area contributed by atoms with Crippen molar-refractivity contribution in [3.63, 3.8) is 0 Å². The second-order valence-electron chi connectivity index (χ2n) is 38.3. The summed E-state index contributed by atoms with van der Waals surface area (Å²) in [5, 5.41) is 7.17. The van der Waals surface area contributed by atoms with Gasteiger partial charge in [-0.25, -0.2) is 0 Å². The van der Waals surface area contributed by atoms with Crippen molar-refractivity contribution < 1.29 is 18.3 Å². The van der Waals surface area contributed by atoms with E-state index >= 15 is 18.3 Å². The van der Waals surface area contributed by atoms with Crippen molar-refractivity contribution in [2.75, 3.05) is 18.7 Å². The number of pyridine rings is 4. The number of aromatic nitrogens is 4. The first-order valence-electron chi connectivity index (χ1n) is 50.3. The van der Waals surface area contributed by atoms with Gasteiger partial charge >= 0.3 is 0 Å². The second-order valence-corrected chi connectivity index (χ2v) is 48.4. The zero-order valence-corrected chi connectivity index (χ0v) is 84.4. The van der Waals surface area contributed by atoms with Crippen molar-refractivity contribution in [2.45, 2.75) is 0 Å². The molecule has 0 radical (unpaired) electrons. The maximum Gasteiger partial charge on any atom is 0.235 e. The van der Waals surface area contributed by atoms with E-state index in [2.05, 4.69) is 312 Å². The van der Waals surface area contributed by atoms with Crippen LogP contribution < -0.4 is 61.1 Å². The molecule has 8 aliphatic rings. The molecule has 708 valence electrons. The summed E-state index contributed by atoms with van der Waals surface area (Å²) < 4.78 is 70.0. The minimum atomic E-state index is -3.16. The topological polar surface area (TPSA) is 133 Å². The van der Waals surface area contributed by atoms with Crippen LogP contribution in [0.4, 0.5) is 45.5 Å². The monoisotopic (exact) mass is 2000 g/mol. The number of rotatable bonds is 7. The van der Waals surface area contributed by atoms with Crippen molar-refractivity contribution >= 4 is 117 Å². The summed E-state index contributed by atoms with van der Waals surface area (Å²) >= 11 is 0. The van der Waals surface area contributed by atoms with Gasteiger partial charge in [0, 0.05) is 136 Å². The van der Waals surface area contributed by atoms with Gasteiger partial charge in [-0.1, -0.05) is 328 Å². The highest BCUT2D eigenvalue weighted by molar-refractivity contribution is 7.82. The minimum absolute atomic E-state index is 0.891. The number of fused-ring (bicyclic) bond motifs is 44. The Balaban J connectivity index is 0.0000000962. The number of hydrogen-bond acceptors (Lipinski definition) is 8.